The Kier molecular flexibility index (Phi) is 5.90. The van der Waals surface area contributed by atoms with E-state index < -0.39 is 17.5 Å². The van der Waals surface area contributed by atoms with E-state index in [1.165, 1.54) is 33.5 Å². The van der Waals surface area contributed by atoms with E-state index in [4.69, 9.17) is 19.9 Å². The van der Waals surface area contributed by atoms with Crippen LogP contribution in [-0.2, 0) is 19.0 Å². The summed E-state index contributed by atoms with van der Waals surface area (Å²) < 4.78 is 58.5. The van der Waals surface area contributed by atoms with Crippen LogP contribution in [0.4, 0.5) is 18.9 Å². The Morgan fingerprint density at radius 2 is 1.79 bits per heavy atom. The zero-order valence-corrected chi connectivity index (χ0v) is 19.4. The van der Waals surface area contributed by atoms with Gasteiger partial charge in [-0.25, -0.2) is 4.98 Å². The number of fused-ring (bicyclic) bond motifs is 2. The molecule has 2 aromatic heterocycles. The van der Waals surface area contributed by atoms with Crippen LogP contribution in [0.3, 0.4) is 0 Å². The van der Waals surface area contributed by atoms with Crippen molar-refractivity contribution >= 4 is 33.0 Å². The molecular formula is C23H23F3N2O4S. The molecule has 0 fully saturated rings. The van der Waals surface area contributed by atoms with Crippen molar-refractivity contribution in [3.8, 4) is 17.2 Å². The first-order valence-electron chi connectivity index (χ1n) is 10.3. The fraction of sp³-hybridized carbons (Fsp3) is 0.391. The second-order valence-corrected chi connectivity index (χ2v) is 9.03. The lowest BCUT2D eigenvalue weighted by Gasteiger charge is -2.25. The van der Waals surface area contributed by atoms with Crippen LogP contribution in [0.1, 0.15) is 45.4 Å². The van der Waals surface area contributed by atoms with Gasteiger partial charge in [0.05, 0.1) is 32.6 Å². The van der Waals surface area contributed by atoms with E-state index in [1.807, 2.05) is 6.92 Å². The highest BCUT2D eigenvalue weighted by Crippen LogP contribution is 2.47. The van der Waals surface area contributed by atoms with E-state index in [9.17, 15) is 18.0 Å². The van der Waals surface area contributed by atoms with Gasteiger partial charge in [-0.1, -0.05) is 6.92 Å². The molecule has 2 heterocycles. The van der Waals surface area contributed by atoms with E-state index in [0.29, 0.717) is 17.9 Å². The van der Waals surface area contributed by atoms with Gasteiger partial charge in [-0.3, -0.25) is 4.79 Å². The van der Waals surface area contributed by atoms with Gasteiger partial charge < -0.3 is 19.9 Å². The van der Waals surface area contributed by atoms with Crippen LogP contribution < -0.4 is 19.9 Å². The van der Waals surface area contributed by atoms with Crippen LogP contribution in [0.15, 0.2) is 12.1 Å². The summed E-state index contributed by atoms with van der Waals surface area (Å²) in [7, 11) is 4.24. The number of aromatic nitrogens is 1. The third kappa shape index (κ3) is 3.86. The van der Waals surface area contributed by atoms with E-state index >= 15 is 0 Å². The molecule has 1 unspecified atom stereocenters. The van der Waals surface area contributed by atoms with Crippen LogP contribution in [0, 0.1) is 5.92 Å². The molecule has 33 heavy (non-hydrogen) atoms. The molecule has 3 aromatic rings. The number of anilines is 1. The molecule has 0 amide bonds. The summed E-state index contributed by atoms with van der Waals surface area (Å²) in [4.78, 5) is 18.0. The van der Waals surface area contributed by atoms with Crippen molar-refractivity contribution in [2.75, 3.05) is 27.1 Å². The number of aryl methyl sites for hydroxylation is 1. The Morgan fingerprint density at radius 3 is 2.33 bits per heavy atom. The molecular weight excluding hydrogens is 457 g/mol. The Bertz CT molecular complexity index is 1230. The summed E-state index contributed by atoms with van der Waals surface area (Å²) in [6, 6.07) is 2.89. The number of methoxy groups -OCH3 is 3. The number of benzene rings is 1. The van der Waals surface area contributed by atoms with Gasteiger partial charge in [0.15, 0.2) is 11.5 Å². The van der Waals surface area contributed by atoms with Gasteiger partial charge in [0.2, 0.25) is 11.5 Å². The number of ether oxygens (including phenoxy) is 3. The molecule has 1 aliphatic rings. The van der Waals surface area contributed by atoms with Gasteiger partial charge in [0.1, 0.15) is 9.71 Å². The largest absolute Gasteiger partial charge is 0.493 e. The smallest absolute Gasteiger partial charge is 0.417 e. The molecule has 0 saturated carbocycles. The number of hydrogen-bond acceptors (Lipinski definition) is 7. The SMILES string of the molecule is COc1cc(C(=O)c2sc3nc4c(c(C(F)(F)F)c3c2N)CC(C)CC4)cc(OC)c1OC. The second-order valence-electron chi connectivity index (χ2n) is 8.03. The van der Waals surface area contributed by atoms with Crippen molar-refractivity contribution in [2.24, 2.45) is 5.92 Å². The molecule has 0 saturated heterocycles. The lowest BCUT2D eigenvalue weighted by molar-refractivity contribution is -0.137. The summed E-state index contributed by atoms with van der Waals surface area (Å²) in [6.45, 7) is 1.92. The molecule has 10 heteroatoms. The molecule has 4 rings (SSSR count). The number of pyridine rings is 1. The number of ketones is 1. The van der Waals surface area contributed by atoms with Crippen molar-refractivity contribution in [3.63, 3.8) is 0 Å². The summed E-state index contributed by atoms with van der Waals surface area (Å²) in [5, 5.41) is -0.198. The molecule has 0 bridgehead atoms. The van der Waals surface area contributed by atoms with Gasteiger partial charge in [-0.05, 0) is 42.9 Å². The maximum atomic E-state index is 14.2. The lowest BCUT2D eigenvalue weighted by atomic mass is 9.84. The van der Waals surface area contributed by atoms with Crippen LogP contribution in [0.5, 0.6) is 17.2 Å². The maximum absolute atomic E-state index is 14.2. The zero-order chi connectivity index (χ0) is 24.1. The monoisotopic (exact) mass is 480 g/mol. The molecule has 0 radical (unpaired) electrons. The fourth-order valence-corrected chi connectivity index (χ4v) is 5.41. The minimum atomic E-state index is -4.62. The highest BCUT2D eigenvalue weighted by Gasteiger charge is 2.40. The number of nitrogens with zero attached hydrogens (tertiary/aromatic N) is 1. The molecule has 6 nitrogen and oxygen atoms in total. The van der Waals surface area contributed by atoms with Gasteiger partial charge in [-0.2, -0.15) is 13.2 Å². The first-order valence-corrected chi connectivity index (χ1v) is 11.1. The molecule has 0 spiro atoms. The normalized spacial score (nSPS) is 15.9. The molecule has 1 atom stereocenters. The van der Waals surface area contributed by atoms with Crippen molar-refractivity contribution in [1.82, 2.24) is 4.98 Å². The number of hydrogen-bond donors (Lipinski definition) is 1. The molecule has 1 aliphatic carbocycles. The third-order valence-corrected chi connectivity index (χ3v) is 7.00. The molecule has 1 aromatic carbocycles. The number of nitrogen functional groups attached to an aromatic ring is 1. The Balaban J connectivity index is 1.93. The average Bonchev–Trinajstić information content (AvgIpc) is 3.10. The van der Waals surface area contributed by atoms with Gasteiger partial charge >= 0.3 is 6.18 Å². The number of alkyl halides is 3. The third-order valence-electron chi connectivity index (χ3n) is 5.91. The zero-order valence-electron chi connectivity index (χ0n) is 18.6. The first kappa shape index (κ1) is 23.2. The number of halogens is 3. The summed E-state index contributed by atoms with van der Waals surface area (Å²) >= 11 is 0.869. The minimum Gasteiger partial charge on any atom is -0.493 e. The van der Waals surface area contributed by atoms with Crippen molar-refractivity contribution in [3.05, 3.63) is 39.4 Å². The fourth-order valence-electron chi connectivity index (χ4n) is 4.32. The van der Waals surface area contributed by atoms with E-state index in [0.717, 1.165) is 17.8 Å². The van der Waals surface area contributed by atoms with Crippen LogP contribution in [0.2, 0.25) is 0 Å². The van der Waals surface area contributed by atoms with E-state index in [2.05, 4.69) is 4.98 Å². The van der Waals surface area contributed by atoms with E-state index in [1.54, 1.807) is 0 Å². The second kappa shape index (κ2) is 8.40. The van der Waals surface area contributed by atoms with Crippen LogP contribution >= 0.6 is 11.3 Å². The topological polar surface area (TPSA) is 83.7 Å². The molecule has 2 N–H and O–H groups in total. The number of nitrogens with two attached hydrogens (primary N) is 1. The van der Waals surface area contributed by atoms with Gasteiger partial charge in [0, 0.05) is 16.6 Å². The Labute approximate surface area is 192 Å². The van der Waals surface area contributed by atoms with E-state index in [-0.39, 0.29) is 55.7 Å². The van der Waals surface area contributed by atoms with Crippen LogP contribution in [-0.4, -0.2) is 32.1 Å². The maximum Gasteiger partial charge on any atom is 0.417 e. The number of rotatable bonds is 5. The highest BCUT2D eigenvalue weighted by atomic mass is 32.1. The average molecular weight is 481 g/mol. The predicted octanol–water partition coefficient (Wildman–Crippen LogP) is 5.28. The first-order chi connectivity index (χ1) is 15.6. The number of carbonyl (C=O) groups is 1. The van der Waals surface area contributed by atoms with Crippen molar-refractivity contribution in [2.45, 2.75) is 32.4 Å². The standard InChI is InChI=1S/C23H23F3N2O4S/c1-10-5-6-13-12(7-10)17(23(24,25)26)16-18(27)21(33-22(16)28-13)19(29)11-8-14(30-2)20(32-4)15(9-11)31-3/h8-10H,5-7,27H2,1-4H3. The van der Waals surface area contributed by atoms with Gasteiger partial charge in [0.25, 0.3) is 0 Å². The predicted molar refractivity (Wildman–Crippen MR) is 120 cm³/mol. The lowest BCUT2D eigenvalue weighted by Crippen LogP contribution is -2.20. The van der Waals surface area contributed by atoms with Gasteiger partial charge in [-0.15, -0.1) is 11.3 Å². The minimum absolute atomic E-state index is 0.00679. The number of carbonyl (C=O) groups excluding carboxylic acids is 1. The Morgan fingerprint density at radius 1 is 1.15 bits per heavy atom. The molecule has 176 valence electrons. The van der Waals surface area contributed by atoms with Crippen LogP contribution in [0.25, 0.3) is 10.2 Å². The summed E-state index contributed by atoms with van der Waals surface area (Å²) in [5.74, 6) is 0.354. The number of thiophene rings is 1. The quantitative estimate of drug-likeness (QED) is 0.501. The summed E-state index contributed by atoms with van der Waals surface area (Å²) in [6.07, 6.45) is -3.12. The molecule has 0 aliphatic heterocycles. The van der Waals surface area contributed by atoms with Crippen molar-refractivity contribution < 1.29 is 32.2 Å². The Hall–Kier alpha value is -3.01. The summed E-state index contributed by atoms with van der Waals surface area (Å²) in [5.41, 5.74) is 5.98. The highest BCUT2D eigenvalue weighted by molar-refractivity contribution is 7.21. The van der Waals surface area contributed by atoms with Crippen molar-refractivity contribution in [1.29, 1.82) is 0 Å².